The van der Waals surface area contributed by atoms with Gasteiger partial charge in [0.25, 0.3) is 0 Å². The standard InChI is InChI=1S/C22H25N7S/c1-14-8-15(2)10-19(9-14)27-22(30)29-20(24-13-18-6-5-7-23-12-18)28-21-25-16(3)11-17(4)26-21/h5-12H,13H2,1-4H3,(H3,24,25,26,27,28,29,30). The smallest absolute Gasteiger partial charge is 0.229 e. The van der Waals surface area contributed by atoms with Gasteiger partial charge < -0.3 is 10.6 Å². The van der Waals surface area contributed by atoms with Gasteiger partial charge in [-0.05, 0) is 80.9 Å². The normalized spacial score (nSPS) is 11.1. The van der Waals surface area contributed by atoms with Crippen molar-refractivity contribution in [3.05, 3.63) is 76.9 Å². The molecule has 1 aromatic carbocycles. The van der Waals surface area contributed by atoms with Gasteiger partial charge in [0.05, 0.1) is 6.54 Å². The summed E-state index contributed by atoms with van der Waals surface area (Å²) in [6, 6.07) is 11.9. The Hall–Kier alpha value is -3.39. The summed E-state index contributed by atoms with van der Waals surface area (Å²) in [5.74, 6) is 0.907. The van der Waals surface area contributed by atoms with E-state index in [-0.39, 0.29) is 0 Å². The minimum atomic E-state index is 0.418. The number of hydrogen-bond donors (Lipinski definition) is 3. The highest BCUT2D eigenvalue weighted by Crippen LogP contribution is 2.13. The molecule has 0 aliphatic heterocycles. The maximum atomic E-state index is 5.50. The van der Waals surface area contributed by atoms with E-state index in [1.54, 1.807) is 12.4 Å². The van der Waals surface area contributed by atoms with E-state index >= 15 is 0 Å². The van der Waals surface area contributed by atoms with Crippen molar-refractivity contribution in [2.24, 2.45) is 4.99 Å². The fourth-order valence-corrected chi connectivity index (χ4v) is 3.19. The van der Waals surface area contributed by atoms with Crippen LogP contribution in [0.3, 0.4) is 0 Å². The van der Waals surface area contributed by atoms with Gasteiger partial charge in [-0.1, -0.05) is 12.1 Å². The van der Waals surface area contributed by atoms with E-state index in [2.05, 4.69) is 55.8 Å². The topological polar surface area (TPSA) is 87.1 Å². The first-order valence-electron chi connectivity index (χ1n) is 9.56. The number of thiocarbonyl (C=S) groups is 1. The van der Waals surface area contributed by atoms with Crippen LogP contribution in [0.1, 0.15) is 28.1 Å². The lowest BCUT2D eigenvalue weighted by molar-refractivity contribution is 1.02. The van der Waals surface area contributed by atoms with E-state index in [0.717, 1.165) is 33.8 Å². The Bertz CT molecular complexity index is 1020. The molecule has 3 rings (SSSR count). The SMILES string of the molecule is Cc1cc(C)cc(NC(=S)NC(=NCc2cccnc2)Nc2nc(C)cc(C)n2)c1. The molecule has 0 aliphatic rings. The number of benzene rings is 1. The number of anilines is 2. The molecular weight excluding hydrogens is 394 g/mol. The van der Waals surface area contributed by atoms with Crippen LogP contribution in [0.4, 0.5) is 11.6 Å². The number of nitrogens with one attached hydrogen (secondary N) is 3. The summed E-state index contributed by atoms with van der Waals surface area (Å²) in [7, 11) is 0. The van der Waals surface area contributed by atoms with E-state index in [9.17, 15) is 0 Å². The lowest BCUT2D eigenvalue weighted by Gasteiger charge is -2.15. The van der Waals surface area contributed by atoms with Gasteiger partial charge in [0, 0.05) is 29.5 Å². The Labute approximate surface area is 182 Å². The van der Waals surface area contributed by atoms with Gasteiger partial charge in [-0.3, -0.25) is 10.3 Å². The quantitative estimate of drug-likeness (QED) is 0.334. The number of aryl methyl sites for hydroxylation is 4. The second kappa shape index (κ2) is 9.89. The highest BCUT2D eigenvalue weighted by atomic mass is 32.1. The van der Waals surface area contributed by atoms with Crippen LogP contribution in [0.15, 0.2) is 53.8 Å². The molecule has 0 saturated heterocycles. The van der Waals surface area contributed by atoms with Crippen LogP contribution in [0.5, 0.6) is 0 Å². The van der Waals surface area contributed by atoms with Gasteiger partial charge in [-0.2, -0.15) is 0 Å². The molecule has 7 nitrogen and oxygen atoms in total. The van der Waals surface area contributed by atoms with Crippen molar-refractivity contribution < 1.29 is 0 Å². The molecule has 2 aromatic heterocycles. The first-order chi connectivity index (χ1) is 14.4. The molecule has 30 heavy (non-hydrogen) atoms. The monoisotopic (exact) mass is 419 g/mol. The summed E-state index contributed by atoms with van der Waals surface area (Å²) in [4.78, 5) is 17.6. The first-order valence-corrected chi connectivity index (χ1v) is 9.97. The minimum absolute atomic E-state index is 0.418. The zero-order chi connectivity index (χ0) is 21.5. The fraction of sp³-hybridized carbons (Fsp3) is 0.227. The summed E-state index contributed by atoms with van der Waals surface area (Å²) in [6.45, 7) is 8.38. The second-order valence-corrected chi connectivity index (χ2v) is 7.49. The number of guanidine groups is 1. The molecule has 0 bridgehead atoms. The van der Waals surface area contributed by atoms with E-state index < -0.39 is 0 Å². The number of nitrogens with zero attached hydrogens (tertiary/aromatic N) is 4. The molecule has 0 spiro atoms. The lowest BCUT2D eigenvalue weighted by atomic mass is 10.1. The number of pyridine rings is 1. The van der Waals surface area contributed by atoms with Crippen LogP contribution >= 0.6 is 12.2 Å². The number of aromatic nitrogens is 3. The molecule has 0 fully saturated rings. The summed E-state index contributed by atoms with van der Waals surface area (Å²) >= 11 is 5.50. The molecule has 0 amide bonds. The molecule has 3 aromatic rings. The molecule has 8 heteroatoms. The number of hydrogen-bond acceptors (Lipinski definition) is 5. The van der Waals surface area contributed by atoms with Gasteiger partial charge in [-0.15, -0.1) is 0 Å². The van der Waals surface area contributed by atoms with Gasteiger partial charge in [0.15, 0.2) is 5.11 Å². The molecule has 3 N–H and O–H groups in total. The Morgan fingerprint density at radius 2 is 1.67 bits per heavy atom. The predicted molar refractivity (Wildman–Crippen MR) is 126 cm³/mol. The van der Waals surface area contributed by atoms with Gasteiger partial charge >= 0.3 is 0 Å². The summed E-state index contributed by atoms with van der Waals surface area (Å²) in [5.41, 5.74) is 5.95. The Kier molecular flexibility index (Phi) is 7.03. The predicted octanol–water partition coefficient (Wildman–Crippen LogP) is 4.06. The number of aliphatic imine (C=N–C) groups is 1. The zero-order valence-corrected chi connectivity index (χ0v) is 18.3. The Morgan fingerprint density at radius 1 is 0.967 bits per heavy atom. The van der Waals surface area contributed by atoms with E-state index in [1.165, 1.54) is 0 Å². The highest BCUT2D eigenvalue weighted by Gasteiger charge is 2.08. The molecule has 0 unspecified atom stereocenters. The van der Waals surface area contributed by atoms with Crippen LogP contribution in [-0.2, 0) is 6.54 Å². The maximum Gasteiger partial charge on any atom is 0.229 e. The fourth-order valence-electron chi connectivity index (χ4n) is 2.98. The third-order valence-corrected chi connectivity index (χ3v) is 4.27. The average Bonchev–Trinajstić information content (AvgIpc) is 2.65. The highest BCUT2D eigenvalue weighted by molar-refractivity contribution is 7.80. The average molecular weight is 420 g/mol. The van der Waals surface area contributed by atoms with Crippen LogP contribution in [0.2, 0.25) is 0 Å². The van der Waals surface area contributed by atoms with Gasteiger partial charge in [-0.25, -0.2) is 15.0 Å². The molecule has 154 valence electrons. The van der Waals surface area contributed by atoms with Crippen molar-refractivity contribution in [1.29, 1.82) is 0 Å². The third kappa shape index (κ3) is 6.59. The van der Waals surface area contributed by atoms with Crippen LogP contribution in [0.25, 0.3) is 0 Å². The van der Waals surface area contributed by atoms with E-state index in [4.69, 9.17) is 12.2 Å². The van der Waals surface area contributed by atoms with Crippen LogP contribution in [0, 0.1) is 27.7 Å². The maximum absolute atomic E-state index is 5.50. The zero-order valence-electron chi connectivity index (χ0n) is 17.5. The van der Waals surface area contributed by atoms with Crippen molar-refractivity contribution in [3.63, 3.8) is 0 Å². The molecule has 2 heterocycles. The summed E-state index contributed by atoms with van der Waals surface area (Å²) < 4.78 is 0. The third-order valence-electron chi connectivity index (χ3n) is 4.07. The van der Waals surface area contributed by atoms with E-state index in [1.807, 2.05) is 44.2 Å². The van der Waals surface area contributed by atoms with Crippen molar-refractivity contribution in [1.82, 2.24) is 20.3 Å². The Balaban J connectivity index is 1.78. The Morgan fingerprint density at radius 3 is 2.30 bits per heavy atom. The van der Waals surface area contributed by atoms with Gasteiger partial charge in [0.1, 0.15) is 0 Å². The number of rotatable bonds is 4. The van der Waals surface area contributed by atoms with Crippen LogP contribution < -0.4 is 16.0 Å². The van der Waals surface area contributed by atoms with Crippen molar-refractivity contribution in [3.8, 4) is 0 Å². The van der Waals surface area contributed by atoms with Crippen molar-refractivity contribution in [2.45, 2.75) is 34.2 Å². The van der Waals surface area contributed by atoms with Gasteiger partial charge in [0.2, 0.25) is 11.9 Å². The molecular formula is C22H25N7S. The summed E-state index contributed by atoms with van der Waals surface area (Å²) in [5, 5.41) is 9.89. The molecule has 0 aliphatic carbocycles. The first kappa shape index (κ1) is 21.3. The summed E-state index contributed by atoms with van der Waals surface area (Å²) in [6.07, 6.45) is 3.51. The van der Waals surface area contributed by atoms with Crippen molar-refractivity contribution in [2.75, 3.05) is 10.6 Å². The molecule has 0 saturated carbocycles. The lowest BCUT2D eigenvalue weighted by Crippen LogP contribution is -2.39. The van der Waals surface area contributed by atoms with Crippen LogP contribution in [-0.4, -0.2) is 26.0 Å². The van der Waals surface area contributed by atoms with E-state index in [0.29, 0.717) is 23.6 Å². The molecule has 0 radical (unpaired) electrons. The largest absolute Gasteiger partial charge is 0.332 e. The molecule has 0 atom stereocenters. The second-order valence-electron chi connectivity index (χ2n) is 7.08. The minimum Gasteiger partial charge on any atom is -0.332 e. The van der Waals surface area contributed by atoms with Crippen molar-refractivity contribution >= 4 is 34.9 Å².